The van der Waals surface area contributed by atoms with Gasteiger partial charge < -0.3 is 25.7 Å². The van der Waals surface area contributed by atoms with Gasteiger partial charge in [-0.15, -0.1) is 0 Å². The predicted octanol–water partition coefficient (Wildman–Crippen LogP) is 3.42. The average molecular weight is 338 g/mol. The average Bonchev–Trinajstić information content (AvgIpc) is 3.09. The van der Waals surface area contributed by atoms with E-state index in [2.05, 4.69) is 5.32 Å². The number of nitrogens with two attached hydrogens (primary N) is 1. The minimum atomic E-state index is -1.19. The molecule has 3 aromatic rings. The van der Waals surface area contributed by atoms with Crippen molar-refractivity contribution in [2.75, 3.05) is 5.32 Å². The minimum Gasteiger partial charge on any atom is -0.506 e. The van der Waals surface area contributed by atoms with Gasteiger partial charge in [-0.3, -0.25) is 0 Å². The molecule has 0 aliphatic rings. The highest BCUT2D eigenvalue weighted by atomic mass is 16.4. The molecule has 0 radical (unpaired) electrons. The standard InChI is InChI=1S/C19H18N2O4/c20-10-12-3-1-4-13(9-12)21-11-14-7-8-17(25-14)15-5-2-6-16(18(15)22)19(23)24/h1-9,21-22H,10-11,20H2,(H,23,24). The molecule has 0 saturated carbocycles. The van der Waals surface area contributed by atoms with Gasteiger partial charge in [0, 0.05) is 12.2 Å². The Labute approximate surface area is 144 Å². The number of carboxylic acid groups (broad SMARTS) is 1. The van der Waals surface area contributed by atoms with Crippen LogP contribution in [-0.2, 0) is 13.1 Å². The van der Waals surface area contributed by atoms with Gasteiger partial charge in [0.05, 0.1) is 12.1 Å². The molecular formula is C19H18N2O4. The van der Waals surface area contributed by atoms with Crippen LogP contribution in [0.3, 0.4) is 0 Å². The van der Waals surface area contributed by atoms with Crippen molar-refractivity contribution in [2.45, 2.75) is 13.1 Å². The van der Waals surface area contributed by atoms with Crippen molar-refractivity contribution in [3.05, 3.63) is 71.5 Å². The maximum Gasteiger partial charge on any atom is 0.339 e. The van der Waals surface area contributed by atoms with Gasteiger partial charge in [-0.05, 0) is 42.0 Å². The van der Waals surface area contributed by atoms with Crippen LogP contribution >= 0.6 is 0 Å². The lowest BCUT2D eigenvalue weighted by Gasteiger charge is -2.07. The van der Waals surface area contributed by atoms with Crippen molar-refractivity contribution in [2.24, 2.45) is 5.73 Å². The van der Waals surface area contributed by atoms with Crippen molar-refractivity contribution < 1.29 is 19.4 Å². The lowest BCUT2D eigenvalue weighted by molar-refractivity contribution is 0.0694. The second kappa shape index (κ2) is 7.11. The van der Waals surface area contributed by atoms with Crippen molar-refractivity contribution in [3.8, 4) is 17.1 Å². The molecule has 0 fully saturated rings. The number of rotatable bonds is 6. The molecule has 2 aromatic carbocycles. The molecule has 0 bridgehead atoms. The SMILES string of the molecule is NCc1cccc(NCc2ccc(-c3cccc(C(=O)O)c3O)o2)c1. The third kappa shape index (κ3) is 3.64. The van der Waals surface area contributed by atoms with E-state index in [4.69, 9.17) is 15.3 Å². The zero-order valence-electron chi connectivity index (χ0n) is 13.4. The molecule has 0 aliphatic heterocycles. The number of carboxylic acids is 1. The summed E-state index contributed by atoms with van der Waals surface area (Å²) in [7, 11) is 0. The molecule has 5 N–H and O–H groups in total. The Morgan fingerprint density at radius 1 is 1.12 bits per heavy atom. The summed E-state index contributed by atoms with van der Waals surface area (Å²) in [6.45, 7) is 0.924. The van der Waals surface area contributed by atoms with Gasteiger partial charge in [-0.25, -0.2) is 4.79 Å². The van der Waals surface area contributed by atoms with E-state index in [9.17, 15) is 9.90 Å². The smallest absolute Gasteiger partial charge is 0.339 e. The van der Waals surface area contributed by atoms with Crippen LogP contribution in [0, 0.1) is 0 Å². The molecule has 0 unspecified atom stereocenters. The number of hydrogen-bond acceptors (Lipinski definition) is 5. The third-order valence-electron chi connectivity index (χ3n) is 3.82. The quantitative estimate of drug-likeness (QED) is 0.548. The number of hydrogen-bond donors (Lipinski definition) is 4. The molecule has 0 amide bonds. The summed E-state index contributed by atoms with van der Waals surface area (Å²) in [6, 6.07) is 15.8. The van der Waals surface area contributed by atoms with Crippen molar-refractivity contribution in [1.29, 1.82) is 0 Å². The first kappa shape index (κ1) is 16.6. The topological polar surface area (TPSA) is 109 Å². The van der Waals surface area contributed by atoms with Crippen LogP contribution in [-0.4, -0.2) is 16.2 Å². The number of para-hydroxylation sites is 1. The summed E-state index contributed by atoms with van der Waals surface area (Å²) < 4.78 is 5.72. The number of benzene rings is 2. The molecule has 0 atom stereocenters. The zero-order valence-corrected chi connectivity index (χ0v) is 13.4. The van der Waals surface area contributed by atoms with Crippen molar-refractivity contribution in [3.63, 3.8) is 0 Å². The maximum absolute atomic E-state index is 11.1. The monoisotopic (exact) mass is 338 g/mol. The van der Waals surface area contributed by atoms with Gasteiger partial charge in [0.2, 0.25) is 0 Å². The van der Waals surface area contributed by atoms with E-state index < -0.39 is 5.97 Å². The number of nitrogens with one attached hydrogen (secondary N) is 1. The van der Waals surface area contributed by atoms with E-state index in [1.165, 1.54) is 6.07 Å². The van der Waals surface area contributed by atoms with E-state index >= 15 is 0 Å². The molecule has 0 aliphatic carbocycles. The Hall–Kier alpha value is -3.25. The number of anilines is 1. The minimum absolute atomic E-state index is 0.160. The highest BCUT2D eigenvalue weighted by molar-refractivity contribution is 5.93. The molecular weight excluding hydrogens is 320 g/mol. The largest absolute Gasteiger partial charge is 0.506 e. The summed E-state index contributed by atoms with van der Waals surface area (Å²) in [5, 5.41) is 22.4. The molecule has 6 nitrogen and oxygen atoms in total. The fourth-order valence-corrected chi connectivity index (χ4v) is 2.53. The summed E-state index contributed by atoms with van der Waals surface area (Å²) in [5.74, 6) is -0.423. The first-order valence-corrected chi connectivity index (χ1v) is 7.75. The van der Waals surface area contributed by atoms with Gasteiger partial charge in [0.15, 0.2) is 0 Å². The Morgan fingerprint density at radius 2 is 1.92 bits per heavy atom. The van der Waals surface area contributed by atoms with Crippen LogP contribution in [0.5, 0.6) is 5.75 Å². The molecule has 25 heavy (non-hydrogen) atoms. The second-order valence-electron chi connectivity index (χ2n) is 5.53. The number of phenols is 1. The van der Waals surface area contributed by atoms with E-state index in [-0.39, 0.29) is 11.3 Å². The highest BCUT2D eigenvalue weighted by Gasteiger charge is 2.16. The first-order valence-electron chi connectivity index (χ1n) is 7.75. The van der Waals surface area contributed by atoms with Gasteiger partial charge in [-0.2, -0.15) is 0 Å². The van der Waals surface area contributed by atoms with E-state index in [1.807, 2.05) is 24.3 Å². The first-order chi connectivity index (χ1) is 12.1. The Kier molecular flexibility index (Phi) is 4.72. The van der Waals surface area contributed by atoms with E-state index in [0.29, 0.717) is 30.2 Å². The molecule has 1 heterocycles. The second-order valence-corrected chi connectivity index (χ2v) is 5.53. The van der Waals surface area contributed by atoms with Crippen LogP contribution in [0.4, 0.5) is 5.69 Å². The normalized spacial score (nSPS) is 10.6. The lowest BCUT2D eigenvalue weighted by Crippen LogP contribution is -2.00. The maximum atomic E-state index is 11.1. The molecule has 0 saturated heterocycles. The fraction of sp³-hybridized carbons (Fsp3) is 0.105. The van der Waals surface area contributed by atoms with E-state index in [0.717, 1.165) is 11.3 Å². The van der Waals surface area contributed by atoms with Crippen molar-refractivity contribution in [1.82, 2.24) is 0 Å². The zero-order chi connectivity index (χ0) is 17.8. The van der Waals surface area contributed by atoms with Gasteiger partial charge >= 0.3 is 5.97 Å². The fourth-order valence-electron chi connectivity index (χ4n) is 2.53. The van der Waals surface area contributed by atoms with Crippen LogP contribution < -0.4 is 11.1 Å². The summed E-state index contributed by atoms with van der Waals surface area (Å²) >= 11 is 0. The Balaban J connectivity index is 1.77. The molecule has 3 rings (SSSR count). The number of aromatic carboxylic acids is 1. The predicted molar refractivity (Wildman–Crippen MR) is 94.4 cm³/mol. The van der Waals surface area contributed by atoms with Gasteiger partial charge in [-0.1, -0.05) is 18.2 Å². The summed E-state index contributed by atoms with van der Waals surface area (Å²) in [4.78, 5) is 11.1. The van der Waals surface area contributed by atoms with Crippen LogP contribution in [0.2, 0.25) is 0 Å². The van der Waals surface area contributed by atoms with Gasteiger partial charge in [0.25, 0.3) is 0 Å². The third-order valence-corrected chi connectivity index (χ3v) is 3.82. The van der Waals surface area contributed by atoms with E-state index in [1.54, 1.807) is 24.3 Å². The van der Waals surface area contributed by atoms with Crippen LogP contribution in [0.1, 0.15) is 21.7 Å². The van der Waals surface area contributed by atoms with Crippen LogP contribution in [0.15, 0.2) is 59.0 Å². The van der Waals surface area contributed by atoms with Gasteiger partial charge in [0.1, 0.15) is 22.8 Å². The number of carbonyl (C=O) groups is 1. The molecule has 1 aromatic heterocycles. The molecule has 6 heteroatoms. The summed E-state index contributed by atoms with van der Waals surface area (Å²) in [5.41, 5.74) is 7.77. The number of aromatic hydroxyl groups is 1. The molecule has 128 valence electrons. The molecule has 0 spiro atoms. The lowest BCUT2D eigenvalue weighted by atomic mass is 10.1. The Morgan fingerprint density at radius 3 is 2.68 bits per heavy atom. The Bertz CT molecular complexity index is 902. The van der Waals surface area contributed by atoms with Crippen LogP contribution in [0.25, 0.3) is 11.3 Å². The highest BCUT2D eigenvalue weighted by Crippen LogP contribution is 2.33. The summed E-state index contributed by atoms with van der Waals surface area (Å²) in [6.07, 6.45) is 0. The number of furan rings is 1. The van der Waals surface area contributed by atoms with Crippen molar-refractivity contribution >= 4 is 11.7 Å².